The maximum Gasteiger partial charge on any atom is 0.448 e. The summed E-state index contributed by atoms with van der Waals surface area (Å²) in [6.07, 6.45) is -4.93. The Balaban J connectivity index is 3.05. The van der Waals surface area contributed by atoms with Gasteiger partial charge in [0.2, 0.25) is 5.91 Å². The number of amides is 1. The zero-order chi connectivity index (χ0) is 15.1. The summed E-state index contributed by atoms with van der Waals surface area (Å²) < 4.78 is 43.0. The van der Waals surface area contributed by atoms with Crippen molar-refractivity contribution in [2.45, 2.75) is 39.1 Å². The van der Waals surface area contributed by atoms with Crippen molar-refractivity contribution in [2.24, 2.45) is 11.3 Å². The summed E-state index contributed by atoms with van der Waals surface area (Å²) >= 11 is 0. The van der Waals surface area contributed by atoms with E-state index >= 15 is 0 Å². The fourth-order valence-corrected chi connectivity index (χ4v) is 2.12. The highest BCUT2D eigenvalue weighted by molar-refractivity contribution is 5.90. The van der Waals surface area contributed by atoms with Crippen LogP contribution in [0.4, 0.5) is 13.2 Å². The minimum atomic E-state index is -5.23. The predicted molar refractivity (Wildman–Crippen MR) is 58.1 cm³/mol. The molecule has 2 atom stereocenters. The Bertz CT molecular complexity index is 396. The molecule has 19 heavy (non-hydrogen) atoms. The highest BCUT2D eigenvalue weighted by atomic mass is 19.4. The molecule has 1 heterocycles. The molecule has 1 fully saturated rings. The van der Waals surface area contributed by atoms with Gasteiger partial charge in [0.05, 0.1) is 12.0 Å². The van der Waals surface area contributed by atoms with Crippen molar-refractivity contribution >= 4 is 11.9 Å². The fraction of sp³-hybridized carbons (Fsp3) is 0.818. The molecule has 0 spiro atoms. The zero-order valence-corrected chi connectivity index (χ0v) is 10.8. The van der Waals surface area contributed by atoms with Crippen LogP contribution in [0, 0.1) is 11.3 Å². The molecule has 2 N–H and O–H groups in total. The second-order valence-electron chi connectivity index (χ2n) is 5.39. The zero-order valence-electron chi connectivity index (χ0n) is 10.8. The van der Waals surface area contributed by atoms with Crippen LogP contribution < -0.4 is 5.32 Å². The molecule has 0 aromatic heterocycles. The average Bonchev–Trinajstić information content (AvgIpc) is 2.19. The smallest absolute Gasteiger partial charge is 0.448 e. The van der Waals surface area contributed by atoms with Crippen molar-refractivity contribution in [3.05, 3.63) is 0 Å². The van der Waals surface area contributed by atoms with Gasteiger partial charge >= 0.3 is 17.9 Å². The van der Waals surface area contributed by atoms with E-state index in [1.165, 1.54) is 12.2 Å². The maximum absolute atomic E-state index is 12.8. The molecular weight excluding hydrogens is 267 g/mol. The summed E-state index contributed by atoms with van der Waals surface area (Å²) in [5.41, 5.74) is -4.82. The lowest BCUT2D eigenvalue weighted by molar-refractivity contribution is -0.299. The number of carbonyl (C=O) groups excluding carboxylic acids is 1. The summed E-state index contributed by atoms with van der Waals surface area (Å²) in [5.74, 6) is -3.19. The van der Waals surface area contributed by atoms with Gasteiger partial charge < -0.3 is 15.2 Å². The van der Waals surface area contributed by atoms with Gasteiger partial charge in [0.15, 0.2) is 0 Å². The number of carboxylic acid groups (broad SMARTS) is 1. The van der Waals surface area contributed by atoms with E-state index in [9.17, 15) is 22.8 Å². The van der Waals surface area contributed by atoms with Crippen LogP contribution in [0.2, 0.25) is 0 Å². The first-order valence-corrected chi connectivity index (χ1v) is 5.71. The van der Waals surface area contributed by atoms with Crippen molar-refractivity contribution in [2.75, 3.05) is 6.61 Å². The largest absolute Gasteiger partial charge is 0.477 e. The summed E-state index contributed by atoms with van der Waals surface area (Å²) in [4.78, 5) is 22.7. The molecule has 1 rings (SSSR count). The standard InChI is InChI=1S/C11H16F3NO4/c1-6(2)4-9(3)5-19-10(8(17)18,11(12,13)14)15-7(9)16/h6H,4-5H2,1-3H3,(H,15,16)(H,17,18). The van der Waals surface area contributed by atoms with Crippen molar-refractivity contribution in [3.8, 4) is 0 Å². The van der Waals surface area contributed by atoms with E-state index in [1.807, 2.05) is 0 Å². The molecule has 2 unspecified atom stereocenters. The molecule has 5 nitrogen and oxygen atoms in total. The first kappa shape index (κ1) is 15.7. The summed E-state index contributed by atoms with van der Waals surface area (Å²) in [6, 6.07) is 0. The van der Waals surface area contributed by atoms with Crippen LogP contribution in [-0.4, -0.2) is 35.5 Å². The van der Waals surface area contributed by atoms with E-state index in [1.54, 1.807) is 13.8 Å². The Labute approximate surface area is 108 Å². The number of halogens is 3. The maximum atomic E-state index is 12.8. The fourth-order valence-electron chi connectivity index (χ4n) is 2.12. The Hall–Kier alpha value is -1.31. The van der Waals surface area contributed by atoms with Gasteiger partial charge in [0, 0.05) is 0 Å². The molecule has 0 radical (unpaired) electrons. The number of hydrogen-bond donors (Lipinski definition) is 2. The van der Waals surface area contributed by atoms with Crippen molar-refractivity contribution < 1.29 is 32.6 Å². The minimum Gasteiger partial charge on any atom is -0.477 e. The van der Waals surface area contributed by atoms with Gasteiger partial charge in [-0.15, -0.1) is 0 Å². The SMILES string of the molecule is CC(C)CC1(C)COC(C(=O)O)(C(F)(F)F)NC1=O. The number of hydrogen-bond acceptors (Lipinski definition) is 3. The number of rotatable bonds is 3. The van der Waals surface area contributed by atoms with Crippen LogP contribution >= 0.6 is 0 Å². The van der Waals surface area contributed by atoms with E-state index in [4.69, 9.17) is 5.11 Å². The summed E-state index contributed by atoms with van der Waals surface area (Å²) in [7, 11) is 0. The van der Waals surface area contributed by atoms with E-state index in [0.29, 0.717) is 6.42 Å². The molecular formula is C11H16F3NO4. The van der Waals surface area contributed by atoms with E-state index < -0.39 is 35.8 Å². The van der Waals surface area contributed by atoms with Gasteiger partial charge in [0.1, 0.15) is 0 Å². The number of ether oxygens (including phenoxy) is 1. The van der Waals surface area contributed by atoms with Crippen LogP contribution in [0.5, 0.6) is 0 Å². The molecule has 0 saturated carbocycles. The molecule has 0 aliphatic carbocycles. The van der Waals surface area contributed by atoms with Crippen molar-refractivity contribution in [1.29, 1.82) is 0 Å². The van der Waals surface area contributed by atoms with Gasteiger partial charge in [0.25, 0.3) is 0 Å². The Morgan fingerprint density at radius 1 is 1.53 bits per heavy atom. The first-order valence-electron chi connectivity index (χ1n) is 5.71. The quantitative estimate of drug-likeness (QED) is 0.823. The lowest BCUT2D eigenvalue weighted by Crippen LogP contribution is -2.71. The molecule has 1 saturated heterocycles. The van der Waals surface area contributed by atoms with Crippen LogP contribution in [0.15, 0.2) is 0 Å². The molecule has 1 aliphatic rings. The van der Waals surface area contributed by atoms with Crippen LogP contribution in [0.3, 0.4) is 0 Å². The molecule has 8 heteroatoms. The lowest BCUT2D eigenvalue weighted by atomic mass is 9.80. The highest BCUT2D eigenvalue weighted by Gasteiger charge is 2.67. The monoisotopic (exact) mass is 283 g/mol. The number of carboxylic acids is 1. The van der Waals surface area contributed by atoms with Gasteiger partial charge in [-0.3, -0.25) is 4.79 Å². The highest BCUT2D eigenvalue weighted by Crippen LogP contribution is 2.39. The van der Waals surface area contributed by atoms with Crippen molar-refractivity contribution in [3.63, 3.8) is 0 Å². The topological polar surface area (TPSA) is 75.6 Å². The van der Waals surface area contributed by atoms with Gasteiger partial charge in [-0.2, -0.15) is 13.2 Å². The Morgan fingerprint density at radius 3 is 2.37 bits per heavy atom. The average molecular weight is 283 g/mol. The van der Waals surface area contributed by atoms with Crippen molar-refractivity contribution in [1.82, 2.24) is 5.32 Å². The van der Waals surface area contributed by atoms with Gasteiger partial charge in [-0.1, -0.05) is 13.8 Å². The molecule has 1 aliphatic heterocycles. The number of aliphatic carboxylic acids is 1. The normalized spacial score (nSPS) is 32.3. The third-order valence-corrected chi connectivity index (χ3v) is 3.00. The van der Waals surface area contributed by atoms with Gasteiger partial charge in [-0.05, 0) is 19.3 Å². The molecule has 110 valence electrons. The number of alkyl halides is 3. The third kappa shape index (κ3) is 2.68. The molecule has 0 aromatic carbocycles. The number of carbonyl (C=O) groups is 2. The Morgan fingerprint density at radius 2 is 2.05 bits per heavy atom. The molecule has 1 amide bonds. The van der Waals surface area contributed by atoms with E-state index in [0.717, 1.165) is 0 Å². The first-order chi connectivity index (χ1) is 8.44. The summed E-state index contributed by atoms with van der Waals surface area (Å²) in [5, 5.41) is 10.2. The Kier molecular flexibility index (Phi) is 3.86. The molecule has 0 bridgehead atoms. The minimum absolute atomic E-state index is 0.0579. The van der Waals surface area contributed by atoms with E-state index in [-0.39, 0.29) is 5.92 Å². The molecule has 0 aromatic rings. The second kappa shape index (κ2) is 4.66. The third-order valence-electron chi connectivity index (χ3n) is 3.00. The van der Waals surface area contributed by atoms with Crippen LogP contribution in [0.1, 0.15) is 27.2 Å². The summed E-state index contributed by atoms with van der Waals surface area (Å²) in [6.45, 7) is 4.47. The van der Waals surface area contributed by atoms with Crippen LogP contribution in [0.25, 0.3) is 0 Å². The van der Waals surface area contributed by atoms with Crippen LogP contribution in [-0.2, 0) is 14.3 Å². The predicted octanol–water partition coefficient (Wildman–Crippen LogP) is 1.53. The number of nitrogens with one attached hydrogen (secondary N) is 1. The van der Waals surface area contributed by atoms with E-state index in [2.05, 4.69) is 4.74 Å². The van der Waals surface area contributed by atoms with Gasteiger partial charge in [-0.25, -0.2) is 4.79 Å². The second-order valence-corrected chi connectivity index (χ2v) is 5.39. The lowest BCUT2D eigenvalue weighted by Gasteiger charge is -2.43.